The molecule has 4 heteroatoms. The van der Waals surface area contributed by atoms with Gasteiger partial charge in [0.15, 0.2) is 6.54 Å². The summed E-state index contributed by atoms with van der Waals surface area (Å²) in [5, 5.41) is 12.0. The number of benzene rings is 2. The molecule has 4 rings (SSSR count). The third-order valence-corrected chi connectivity index (χ3v) is 5.57. The maximum Gasteiger partial charge on any atom is 0.275 e. The monoisotopic (exact) mass is 414 g/mol. The van der Waals surface area contributed by atoms with Crippen LogP contribution in [0.15, 0.2) is 48.5 Å². The highest BCUT2D eigenvalue weighted by molar-refractivity contribution is 5.97. The lowest BCUT2D eigenvalue weighted by molar-refractivity contribution is -0.534. The molecule has 0 amide bonds. The molecule has 3 nitrogen and oxygen atoms in total. The fourth-order valence-corrected chi connectivity index (χ4v) is 4.34. The molecule has 1 N–H and O–H groups in total. The summed E-state index contributed by atoms with van der Waals surface area (Å²) in [7, 11) is 0. The summed E-state index contributed by atoms with van der Waals surface area (Å²) in [6, 6.07) is 16.8. The number of nitrogens with zero attached hydrogens (tertiary/aromatic N) is 2. The SMILES string of the molecule is Cc1ccc(C)c(C2(O)C[N+]3=C(CCCCC3)N2c2ccccc2)c1.[Br-]. The first kappa shape index (κ1) is 19.1. The van der Waals surface area contributed by atoms with Gasteiger partial charge in [-0.1, -0.05) is 35.9 Å². The Labute approximate surface area is 166 Å². The maximum absolute atomic E-state index is 12.0. The van der Waals surface area contributed by atoms with E-state index in [2.05, 4.69) is 65.8 Å². The first-order valence-electron chi connectivity index (χ1n) is 9.36. The molecule has 26 heavy (non-hydrogen) atoms. The molecule has 0 fully saturated rings. The van der Waals surface area contributed by atoms with Gasteiger partial charge in [0.2, 0.25) is 0 Å². The molecular formula is C22H27BrN2O. The predicted molar refractivity (Wildman–Crippen MR) is 102 cm³/mol. The number of aryl methyl sites for hydroxylation is 2. The number of halogens is 1. The molecule has 1 atom stereocenters. The molecule has 0 aromatic heterocycles. The summed E-state index contributed by atoms with van der Waals surface area (Å²) >= 11 is 0. The van der Waals surface area contributed by atoms with Gasteiger partial charge in [-0.2, -0.15) is 4.90 Å². The molecule has 2 aliphatic rings. The third kappa shape index (κ3) is 3.21. The highest BCUT2D eigenvalue weighted by Gasteiger charge is 2.54. The van der Waals surface area contributed by atoms with Gasteiger partial charge >= 0.3 is 0 Å². The van der Waals surface area contributed by atoms with Gasteiger partial charge in [-0.15, -0.1) is 0 Å². The minimum absolute atomic E-state index is 0. The number of hydrogen-bond donors (Lipinski definition) is 1. The third-order valence-electron chi connectivity index (χ3n) is 5.57. The van der Waals surface area contributed by atoms with Crippen LogP contribution in [0.2, 0.25) is 0 Å². The topological polar surface area (TPSA) is 26.5 Å². The summed E-state index contributed by atoms with van der Waals surface area (Å²) < 4.78 is 2.40. The van der Waals surface area contributed by atoms with Crippen molar-refractivity contribution in [3.8, 4) is 0 Å². The van der Waals surface area contributed by atoms with Crippen LogP contribution in [-0.2, 0) is 5.72 Å². The standard InChI is InChI=1S/C22H27N2O.BrH/c1-17-12-13-18(2)20(15-17)22(25)16-23-14-8-4-7-11-21(23)24(22)19-9-5-3-6-10-19;/h3,5-6,9-10,12-13,15,25H,4,7-8,11,14,16H2,1-2H3;1H/q+1;/p-1. The Bertz CT molecular complexity index is 818. The highest BCUT2D eigenvalue weighted by atomic mass is 79.9. The van der Waals surface area contributed by atoms with Crippen LogP contribution in [0.4, 0.5) is 5.69 Å². The van der Waals surface area contributed by atoms with Gasteiger partial charge < -0.3 is 22.1 Å². The molecule has 0 aliphatic carbocycles. The first-order chi connectivity index (χ1) is 12.1. The van der Waals surface area contributed by atoms with Gasteiger partial charge in [-0.05, 0) is 56.9 Å². The van der Waals surface area contributed by atoms with Crippen molar-refractivity contribution in [3.63, 3.8) is 0 Å². The van der Waals surface area contributed by atoms with E-state index in [4.69, 9.17) is 0 Å². The van der Waals surface area contributed by atoms with Crippen molar-refractivity contribution in [3.05, 3.63) is 65.2 Å². The van der Waals surface area contributed by atoms with Crippen molar-refractivity contribution in [1.29, 1.82) is 0 Å². The van der Waals surface area contributed by atoms with Crippen molar-refractivity contribution >= 4 is 11.5 Å². The molecule has 2 heterocycles. The van der Waals surface area contributed by atoms with E-state index in [0.717, 1.165) is 29.8 Å². The van der Waals surface area contributed by atoms with Crippen molar-refractivity contribution in [2.75, 3.05) is 18.0 Å². The Morgan fingerprint density at radius 2 is 1.77 bits per heavy atom. The minimum atomic E-state index is -1.01. The van der Waals surface area contributed by atoms with E-state index in [1.165, 1.54) is 30.7 Å². The highest BCUT2D eigenvalue weighted by Crippen LogP contribution is 2.39. The van der Waals surface area contributed by atoms with E-state index in [0.29, 0.717) is 6.54 Å². The molecule has 2 aromatic rings. The van der Waals surface area contributed by atoms with E-state index < -0.39 is 5.72 Å². The number of anilines is 1. The maximum atomic E-state index is 12.0. The lowest BCUT2D eigenvalue weighted by Gasteiger charge is -2.30. The Hall–Kier alpha value is -1.65. The van der Waals surface area contributed by atoms with Crippen LogP contribution in [0.5, 0.6) is 0 Å². The van der Waals surface area contributed by atoms with Gasteiger partial charge in [-0.3, -0.25) is 4.58 Å². The van der Waals surface area contributed by atoms with Crippen molar-refractivity contribution in [2.45, 2.75) is 45.3 Å². The molecule has 0 radical (unpaired) electrons. The fourth-order valence-electron chi connectivity index (χ4n) is 4.34. The molecule has 2 aliphatic heterocycles. The van der Waals surface area contributed by atoms with Crippen molar-refractivity contribution in [2.24, 2.45) is 0 Å². The predicted octanol–water partition coefficient (Wildman–Crippen LogP) is 0.958. The minimum Gasteiger partial charge on any atom is -1.00 e. The average molecular weight is 415 g/mol. The first-order valence-corrected chi connectivity index (χ1v) is 9.36. The van der Waals surface area contributed by atoms with Crippen LogP contribution in [0.25, 0.3) is 0 Å². The zero-order chi connectivity index (χ0) is 17.4. The molecule has 138 valence electrons. The van der Waals surface area contributed by atoms with Crippen LogP contribution in [0, 0.1) is 13.8 Å². The number of amidine groups is 1. The molecule has 2 aromatic carbocycles. The lowest BCUT2D eigenvalue weighted by Crippen LogP contribution is -3.00. The number of aliphatic hydroxyl groups is 1. The molecule has 0 saturated heterocycles. The summed E-state index contributed by atoms with van der Waals surface area (Å²) in [6.07, 6.45) is 4.69. The molecule has 0 spiro atoms. The molecule has 1 unspecified atom stereocenters. The number of para-hydroxylation sites is 1. The summed E-state index contributed by atoms with van der Waals surface area (Å²) in [5.74, 6) is 1.27. The zero-order valence-corrected chi connectivity index (χ0v) is 17.2. The Morgan fingerprint density at radius 3 is 2.54 bits per heavy atom. The van der Waals surface area contributed by atoms with Gasteiger partial charge in [0.1, 0.15) is 5.69 Å². The molecular weight excluding hydrogens is 388 g/mol. The van der Waals surface area contributed by atoms with Crippen LogP contribution in [0.3, 0.4) is 0 Å². The largest absolute Gasteiger partial charge is 1.00 e. The Balaban J connectivity index is 0.00000196. The number of rotatable bonds is 2. The van der Waals surface area contributed by atoms with E-state index >= 15 is 0 Å². The summed E-state index contributed by atoms with van der Waals surface area (Å²) in [4.78, 5) is 2.19. The van der Waals surface area contributed by atoms with E-state index in [-0.39, 0.29) is 17.0 Å². The second-order valence-electron chi connectivity index (χ2n) is 7.45. The van der Waals surface area contributed by atoms with Gasteiger partial charge in [0.25, 0.3) is 11.6 Å². The molecule has 0 bridgehead atoms. The Kier molecular flexibility index (Phi) is 5.54. The van der Waals surface area contributed by atoms with Gasteiger partial charge in [-0.25, -0.2) is 0 Å². The van der Waals surface area contributed by atoms with E-state index in [1.807, 2.05) is 6.07 Å². The van der Waals surface area contributed by atoms with E-state index in [1.54, 1.807) is 0 Å². The van der Waals surface area contributed by atoms with Gasteiger partial charge in [0.05, 0.1) is 6.54 Å². The molecule has 0 saturated carbocycles. The van der Waals surface area contributed by atoms with Crippen LogP contribution in [-0.4, -0.2) is 28.6 Å². The van der Waals surface area contributed by atoms with Crippen molar-refractivity contribution in [1.82, 2.24) is 0 Å². The summed E-state index contributed by atoms with van der Waals surface area (Å²) in [6.45, 7) is 5.87. The lowest BCUT2D eigenvalue weighted by atomic mass is 9.94. The normalized spacial score (nSPS) is 22.7. The number of hydrogen-bond acceptors (Lipinski definition) is 2. The average Bonchev–Trinajstić information content (AvgIpc) is 2.74. The van der Waals surface area contributed by atoms with Crippen molar-refractivity contribution < 1.29 is 26.7 Å². The second-order valence-corrected chi connectivity index (χ2v) is 7.45. The summed E-state index contributed by atoms with van der Waals surface area (Å²) in [5.41, 5.74) is 3.42. The quantitative estimate of drug-likeness (QED) is 0.740. The second kappa shape index (κ2) is 7.53. The fraction of sp³-hybridized carbons (Fsp3) is 0.409. The zero-order valence-electron chi connectivity index (χ0n) is 15.6. The van der Waals surface area contributed by atoms with E-state index in [9.17, 15) is 5.11 Å². The van der Waals surface area contributed by atoms with Crippen LogP contribution >= 0.6 is 0 Å². The Morgan fingerprint density at radius 1 is 1.00 bits per heavy atom. The van der Waals surface area contributed by atoms with Gasteiger partial charge in [0, 0.05) is 12.0 Å². The smallest absolute Gasteiger partial charge is 0.275 e. The van der Waals surface area contributed by atoms with Crippen LogP contribution in [0.1, 0.15) is 42.4 Å². The van der Waals surface area contributed by atoms with Crippen LogP contribution < -0.4 is 21.9 Å².